The molecule has 0 bridgehead atoms. The maximum absolute atomic E-state index is 11.6. The number of H-pyrrole nitrogens is 1. The molecule has 0 saturated carbocycles. The fourth-order valence-corrected chi connectivity index (χ4v) is 1.58. The molecule has 0 amide bonds. The third kappa shape index (κ3) is 3.19. The number of nitrogens with zero attached hydrogens (tertiary/aromatic N) is 1. The largest absolute Gasteiger partial charge is 0.465 e. The fraction of sp³-hybridized carbons (Fsp3) is 0.214. The van der Waals surface area contributed by atoms with Crippen LogP contribution in [-0.4, -0.2) is 22.5 Å². The van der Waals surface area contributed by atoms with Gasteiger partial charge in [-0.25, -0.2) is 4.98 Å². The molecule has 2 rings (SSSR count). The van der Waals surface area contributed by atoms with Crippen LogP contribution in [0.4, 0.5) is 0 Å². The molecule has 0 unspecified atom stereocenters. The summed E-state index contributed by atoms with van der Waals surface area (Å²) < 4.78 is 4.76. The molecule has 1 aromatic carbocycles. The third-order valence-electron chi connectivity index (χ3n) is 2.41. The van der Waals surface area contributed by atoms with Crippen LogP contribution < -0.4 is 5.56 Å². The maximum Gasteiger partial charge on any atom is 0.317 e. The molecule has 0 aliphatic heterocycles. The number of aromatic amines is 1. The van der Waals surface area contributed by atoms with E-state index in [2.05, 4.69) is 21.8 Å². The molecule has 5 nitrogen and oxygen atoms in total. The minimum atomic E-state index is -0.352. The summed E-state index contributed by atoms with van der Waals surface area (Å²) >= 11 is 0. The number of nitrogens with one attached hydrogen (secondary N) is 1. The van der Waals surface area contributed by atoms with Gasteiger partial charge in [0.05, 0.1) is 23.8 Å². The first kappa shape index (κ1) is 12.8. The SMILES string of the molecule is CCOC(=O)CC#Cc1ccc2nc[nH]c(=O)c2c1. The minimum absolute atomic E-state index is 0.0370. The smallest absolute Gasteiger partial charge is 0.317 e. The summed E-state index contributed by atoms with van der Waals surface area (Å²) in [6.07, 6.45) is 1.39. The lowest BCUT2D eigenvalue weighted by Crippen LogP contribution is -2.06. The van der Waals surface area contributed by atoms with Gasteiger partial charge in [-0.3, -0.25) is 9.59 Å². The Morgan fingerprint density at radius 2 is 2.32 bits per heavy atom. The number of ether oxygens (including phenoxy) is 1. The molecule has 0 fully saturated rings. The number of hydrogen-bond acceptors (Lipinski definition) is 4. The summed E-state index contributed by atoms with van der Waals surface area (Å²) in [5, 5.41) is 0.477. The van der Waals surface area contributed by atoms with E-state index in [1.165, 1.54) is 6.33 Å². The molecule has 0 aliphatic rings. The molecule has 0 radical (unpaired) electrons. The zero-order valence-corrected chi connectivity index (χ0v) is 10.4. The van der Waals surface area contributed by atoms with E-state index in [1.807, 2.05) is 0 Å². The molecule has 19 heavy (non-hydrogen) atoms. The lowest BCUT2D eigenvalue weighted by Gasteiger charge is -1.96. The van der Waals surface area contributed by atoms with Crippen molar-refractivity contribution in [1.82, 2.24) is 9.97 Å². The Bertz CT molecular complexity index is 723. The molecule has 1 heterocycles. The second-order valence-corrected chi connectivity index (χ2v) is 3.75. The first-order valence-corrected chi connectivity index (χ1v) is 5.82. The van der Waals surface area contributed by atoms with Crippen LogP contribution in [0.2, 0.25) is 0 Å². The van der Waals surface area contributed by atoms with Crippen LogP contribution in [0.1, 0.15) is 18.9 Å². The lowest BCUT2D eigenvalue weighted by molar-refractivity contribution is -0.141. The summed E-state index contributed by atoms with van der Waals surface area (Å²) in [5.41, 5.74) is 1.06. The monoisotopic (exact) mass is 256 g/mol. The number of aromatic nitrogens is 2. The lowest BCUT2D eigenvalue weighted by atomic mass is 10.1. The quantitative estimate of drug-likeness (QED) is 0.648. The van der Waals surface area contributed by atoms with Gasteiger partial charge >= 0.3 is 5.97 Å². The molecule has 0 atom stereocenters. The highest BCUT2D eigenvalue weighted by Crippen LogP contribution is 2.08. The van der Waals surface area contributed by atoms with Crippen molar-refractivity contribution >= 4 is 16.9 Å². The summed E-state index contributed by atoms with van der Waals surface area (Å²) in [6, 6.07) is 5.13. The highest BCUT2D eigenvalue weighted by atomic mass is 16.5. The van der Waals surface area contributed by atoms with Crippen molar-refractivity contribution in [2.24, 2.45) is 0 Å². The molecule has 2 aromatic rings. The van der Waals surface area contributed by atoms with E-state index in [1.54, 1.807) is 25.1 Å². The van der Waals surface area contributed by atoms with E-state index < -0.39 is 0 Å². The second kappa shape index (κ2) is 5.83. The molecule has 1 N–H and O–H groups in total. The normalized spacial score (nSPS) is 9.74. The van der Waals surface area contributed by atoms with Gasteiger partial charge in [-0.15, -0.1) is 0 Å². The van der Waals surface area contributed by atoms with Crippen molar-refractivity contribution in [2.45, 2.75) is 13.3 Å². The third-order valence-corrected chi connectivity index (χ3v) is 2.41. The van der Waals surface area contributed by atoms with E-state index in [9.17, 15) is 9.59 Å². The van der Waals surface area contributed by atoms with Gasteiger partial charge < -0.3 is 9.72 Å². The zero-order valence-electron chi connectivity index (χ0n) is 10.4. The summed E-state index contributed by atoms with van der Waals surface area (Å²) in [6.45, 7) is 2.09. The Morgan fingerprint density at radius 1 is 1.47 bits per heavy atom. The molecular weight excluding hydrogens is 244 g/mol. The number of carbonyl (C=O) groups excluding carboxylic acids is 1. The van der Waals surface area contributed by atoms with Gasteiger partial charge in [0.25, 0.3) is 5.56 Å². The van der Waals surface area contributed by atoms with Crippen LogP contribution >= 0.6 is 0 Å². The Labute approximate surface area is 109 Å². The Morgan fingerprint density at radius 3 is 3.11 bits per heavy atom. The highest BCUT2D eigenvalue weighted by Gasteiger charge is 2.00. The van der Waals surface area contributed by atoms with Crippen LogP contribution in [0.15, 0.2) is 29.3 Å². The van der Waals surface area contributed by atoms with E-state index >= 15 is 0 Å². The predicted octanol–water partition coefficient (Wildman–Crippen LogP) is 1.23. The predicted molar refractivity (Wildman–Crippen MR) is 70.5 cm³/mol. The van der Waals surface area contributed by atoms with Crippen molar-refractivity contribution in [2.75, 3.05) is 6.61 Å². The molecule has 0 aliphatic carbocycles. The summed E-state index contributed by atoms with van der Waals surface area (Å²) in [4.78, 5) is 29.2. The number of rotatable bonds is 2. The zero-order chi connectivity index (χ0) is 13.7. The fourth-order valence-electron chi connectivity index (χ4n) is 1.58. The average molecular weight is 256 g/mol. The first-order chi connectivity index (χ1) is 9.20. The van der Waals surface area contributed by atoms with Crippen LogP contribution in [0.3, 0.4) is 0 Å². The molecule has 96 valence electrons. The van der Waals surface area contributed by atoms with Crippen LogP contribution in [0.5, 0.6) is 0 Å². The van der Waals surface area contributed by atoms with Crippen LogP contribution in [0, 0.1) is 11.8 Å². The number of carbonyl (C=O) groups is 1. The molecule has 0 spiro atoms. The van der Waals surface area contributed by atoms with Gasteiger partial charge in [0.2, 0.25) is 0 Å². The Hall–Kier alpha value is -2.61. The van der Waals surface area contributed by atoms with Gasteiger partial charge in [0.15, 0.2) is 0 Å². The van der Waals surface area contributed by atoms with E-state index in [0.29, 0.717) is 23.1 Å². The number of hydrogen-bond donors (Lipinski definition) is 1. The Kier molecular flexibility index (Phi) is 3.94. The minimum Gasteiger partial charge on any atom is -0.465 e. The number of benzene rings is 1. The maximum atomic E-state index is 11.6. The van der Waals surface area contributed by atoms with Gasteiger partial charge in [0, 0.05) is 5.56 Å². The van der Waals surface area contributed by atoms with Gasteiger partial charge in [-0.2, -0.15) is 0 Å². The average Bonchev–Trinajstić information content (AvgIpc) is 2.40. The van der Waals surface area contributed by atoms with Crippen LogP contribution in [-0.2, 0) is 9.53 Å². The van der Waals surface area contributed by atoms with Crippen LogP contribution in [0.25, 0.3) is 10.9 Å². The topological polar surface area (TPSA) is 72.0 Å². The number of fused-ring (bicyclic) bond motifs is 1. The van der Waals surface area contributed by atoms with E-state index in [4.69, 9.17) is 4.74 Å². The summed E-state index contributed by atoms with van der Waals surface area (Å²) in [5.74, 6) is 5.18. The Balaban J connectivity index is 2.23. The van der Waals surface area contributed by atoms with Crippen molar-refractivity contribution in [3.8, 4) is 11.8 Å². The standard InChI is InChI=1S/C14H12N2O3/c1-2-19-13(17)5-3-4-10-6-7-12-11(8-10)14(18)16-9-15-12/h6-9H,2,5H2,1H3,(H,15,16,18). The van der Waals surface area contributed by atoms with Crippen molar-refractivity contribution in [1.29, 1.82) is 0 Å². The summed E-state index contributed by atoms with van der Waals surface area (Å²) in [7, 11) is 0. The molecule has 0 saturated heterocycles. The highest BCUT2D eigenvalue weighted by molar-refractivity contribution is 5.79. The van der Waals surface area contributed by atoms with Gasteiger partial charge in [-0.05, 0) is 25.1 Å². The van der Waals surface area contributed by atoms with Crippen molar-refractivity contribution < 1.29 is 9.53 Å². The van der Waals surface area contributed by atoms with E-state index in [0.717, 1.165) is 0 Å². The van der Waals surface area contributed by atoms with Gasteiger partial charge in [0.1, 0.15) is 6.42 Å². The van der Waals surface area contributed by atoms with Gasteiger partial charge in [-0.1, -0.05) is 11.8 Å². The number of esters is 1. The first-order valence-electron chi connectivity index (χ1n) is 5.82. The second-order valence-electron chi connectivity index (χ2n) is 3.75. The van der Waals surface area contributed by atoms with Crippen molar-refractivity contribution in [3.05, 3.63) is 40.4 Å². The van der Waals surface area contributed by atoms with E-state index in [-0.39, 0.29) is 17.9 Å². The molecule has 5 heteroatoms. The molecule has 1 aromatic heterocycles. The van der Waals surface area contributed by atoms with Crippen molar-refractivity contribution in [3.63, 3.8) is 0 Å². The molecular formula is C14H12N2O3.